The van der Waals surface area contributed by atoms with Crippen LogP contribution in [0, 0.1) is 11.8 Å². The highest BCUT2D eigenvalue weighted by atomic mass is 16.5. The second kappa shape index (κ2) is 10.7. The molecule has 2 aromatic carbocycles. The molecule has 1 spiro atoms. The second-order valence-electron chi connectivity index (χ2n) is 13.2. The van der Waals surface area contributed by atoms with Gasteiger partial charge in [0.05, 0.1) is 17.4 Å². The zero-order chi connectivity index (χ0) is 28.9. The number of fused-ring (bicyclic) bond motifs is 1. The second-order valence-corrected chi connectivity index (χ2v) is 13.2. The minimum Gasteiger partial charge on any atom is -0.356 e. The van der Waals surface area contributed by atoms with E-state index in [0.717, 1.165) is 25.7 Å². The van der Waals surface area contributed by atoms with Crippen LogP contribution in [-0.4, -0.2) is 41.0 Å². The maximum absolute atomic E-state index is 14.5. The van der Waals surface area contributed by atoms with E-state index in [-0.39, 0.29) is 23.8 Å². The Balaban J connectivity index is 1.24. The van der Waals surface area contributed by atoms with E-state index >= 15 is 0 Å². The van der Waals surface area contributed by atoms with Crippen molar-refractivity contribution in [3.8, 4) is 0 Å². The van der Waals surface area contributed by atoms with Gasteiger partial charge in [-0.1, -0.05) is 81.0 Å². The predicted octanol–water partition coefficient (Wildman–Crippen LogP) is 5.87. The summed E-state index contributed by atoms with van der Waals surface area (Å²) in [6.45, 7) is 1.86. The van der Waals surface area contributed by atoms with E-state index in [1.54, 1.807) is 4.90 Å². The maximum atomic E-state index is 14.5. The van der Waals surface area contributed by atoms with Gasteiger partial charge < -0.3 is 15.4 Å². The van der Waals surface area contributed by atoms with E-state index in [2.05, 4.69) is 22.8 Å². The van der Waals surface area contributed by atoms with Crippen molar-refractivity contribution in [1.29, 1.82) is 0 Å². The van der Waals surface area contributed by atoms with E-state index in [1.807, 2.05) is 61.5 Å². The molecule has 0 unspecified atom stereocenters. The van der Waals surface area contributed by atoms with Gasteiger partial charge in [-0.3, -0.25) is 19.3 Å². The average molecular weight is 568 g/mol. The van der Waals surface area contributed by atoms with Crippen molar-refractivity contribution in [3.63, 3.8) is 0 Å². The summed E-state index contributed by atoms with van der Waals surface area (Å²) in [7, 11) is 0. The van der Waals surface area contributed by atoms with E-state index in [4.69, 9.17) is 4.74 Å². The van der Waals surface area contributed by atoms with Gasteiger partial charge in [-0.05, 0) is 68.4 Å². The van der Waals surface area contributed by atoms with Crippen LogP contribution in [-0.2, 0) is 19.1 Å². The zero-order valence-electron chi connectivity index (χ0n) is 24.4. The highest BCUT2D eigenvalue weighted by Crippen LogP contribution is 2.60. The van der Waals surface area contributed by atoms with Crippen LogP contribution < -0.4 is 15.5 Å². The molecule has 4 fully saturated rings. The van der Waals surface area contributed by atoms with Crippen molar-refractivity contribution >= 4 is 29.1 Å². The summed E-state index contributed by atoms with van der Waals surface area (Å²) in [5.41, 5.74) is 0.431. The number of anilines is 2. The van der Waals surface area contributed by atoms with Crippen LogP contribution in [0.5, 0.6) is 0 Å². The summed E-state index contributed by atoms with van der Waals surface area (Å²) in [6.07, 6.45) is 15.2. The Hall–Kier alpha value is -3.45. The highest BCUT2D eigenvalue weighted by molar-refractivity contribution is 6.11. The molecule has 2 aromatic rings. The number of nitrogens with one attached hydrogen (secondary N) is 2. The van der Waals surface area contributed by atoms with Crippen LogP contribution in [0.4, 0.5) is 11.4 Å². The molecule has 42 heavy (non-hydrogen) atoms. The molecule has 3 amide bonds. The van der Waals surface area contributed by atoms with Gasteiger partial charge in [0, 0.05) is 17.4 Å². The third-order valence-electron chi connectivity index (χ3n) is 10.5. The zero-order valence-corrected chi connectivity index (χ0v) is 24.4. The van der Waals surface area contributed by atoms with E-state index in [9.17, 15) is 14.4 Å². The maximum Gasteiger partial charge on any atom is 0.246 e. The first-order valence-electron chi connectivity index (χ1n) is 15.9. The molecule has 2 aliphatic carbocycles. The molecule has 2 saturated carbocycles. The number of rotatable bonds is 6. The predicted molar refractivity (Wildman–Crippen MR) is 162 cm³/mol. The Morgan fingerprint density at radius 1 is 0.833 bits per heavy atom. The first-order valence-corrected chi connectivity index (χ1v) is 15.9. The monoisotopic (exact) mass is 567 g/mol. The van der Waals surface area contributed by atoms with Crippen molar-refractivity contribution in [2.24, 2.45) is 11.8 Å². The molecule has 0 radical (unpaired) electrons. The van der Waals surface area contributed by atoms with Crippen LogP contribution >= 0.6 is 0 Å². The van der Waals surface area contributed by atoms with Crippen LogP contribution in [0.15, 0.2) is 66.7 Å². The molecular weight excluding hydrogens is 526 g/mol. The van der Waals surface area contributed by atoms with Gasteiger partial charge in [-0.2, -0.15) is 0 Å². The summed E-state index contributed by atoms with van der Waals surface area (Å²) in [6, 6.07) is 16.7. The van der Waals surface area contributed by atoms with Crippen molar-refractivity contribution in [1.82, 2.24) is 5.32 Å². The molecule has 3 heterocycles. The summed E-state index contributed by atoms with van der Waals surface area (Å²) in [5.74, 6) is -1.74. The van der Waals surface area contributed by atoms with Crippen molar-refractivity contribution < 1.29 is 19.1 Å². The van der Waals surface area contributed by atoms with E-state index in [1.165, 1.54) is 44.1 Å². The lowest BCUT2D eigenvalue weighted by Gasteiger charge is -2.34. The number of ether oxygens (including phenoxy) is 1. The Morgan fingerprint density at radius 2 is 1.50 bits per heavy atom. The molecule has 2 bridgehead atoms. The van der Waals surface area contributed by atoms with Crippen LogP contribution in [0.2, 0.25) is 0 Å². The van der Waals surface area contributed by atoms with Gasteiger partial charge in [0.2, 0.25) is 17.7 Å². The van der Waals surface area contributed by atoms with Gasteiger partial charge in [0.25, 0.3) is 0 Å². The largest absolute Gasteiger partial charge is 0.356 e. The minimum atomic E-state index is -1.22. The first kappa shape index (κ1) is 27.4. The standard InChI is InChI=1S/C35H41N3O4/c1-34-21-22-35(42-34)29(28(34)31(39)36-25-13-7-3-8-14-25)33(41)38(30(35)32(40)37-26-15-9-4-10-16-26)27-19-17-24(18-20-27)23-11-5-2-6-12-23/h3,7-8,13-14,17-23,26,28-30H,2,4-6,9-12,15-16H2,1H3,(H,36,39)(H,37,40)/t28-,29+,30-,34+,35-/m1/s1. The SMILES string of the molecule is C[C@@]12C=C[C@@]3(O1)[C@H](C(=O)N(c1ccc(C4CCCCC4)cc1)[C@@H]3C(=O)NC1CCCCC1)[C@@H]2C(=O)Nc1ccccc1. The molecule has 5 atom stereocenters. The fraction of sp³-hybridized carbons (Fsp3) is 0.514. The molecule has 7 rings (SSSR count). The fourth-order valence-electron chi connectivity index (χ4n) is 8.42. The normalized spacial score (nSPS) is 32.6. The lowest BCUT2D eigenvalue weighted by atomic mass is 9.70. The van der Waals surface area contributed by atoms with Gasteiger partial charge in [0.15, 0.2) is 0 Å². The molecule has 5 aliphatic rings. The first-order chi connectivity index (χ1) is 20.4. The number of benzene rings is 2. The lowest BCUT2D eigenvalue weighted by Crippen LogP contribution is -2.56. The van der Waals surface area contributed by atoms with E-state index < -0.39 is 29.1 Å². The van der Waals surface area contributed by atoms with Crippen LogP contribution in [0.3, 0.4) is 0 Å². The number of carbonyl (C=O) groups excluding carboxylic acids is 3. The summed E-state index contributed by atoms with van der Waals surface area (Å²) in [4.78, 5) is 44.2. The smallest absolute Gasteiger partial charge is 0.246 e. The Bertz CT molecular complexity index is 1380. The van der Waals surface area contributed by atoms with Crippen molar-refractivity contribution in [2.45, 2.75) is 100 Å². The highest BCUT2D eigenvalue weighted by Gasteiger charge is 2.76. The molecule has 2 saturated heterocycles. The molecule has 0 aromatic heterocycles. The van der Waals surface area contributed by atoms with Crippen molar-refractivity contribution in [2.75, 3.05) is 10.2 Å². The minimum absolute atomic E-state index is 0.0858. The summed E-state index contributed by atoms with van der Waals surface area (Å²) < 4.78 is 6.71. The molecule has 7 nitrogen and oxygen atoms in total. The fourth-order valence-corrected chi connectivity index (χ4v) is 8.42. The van der Waals surface area contributed by atoms with Gasteiger partial charge in [-0.15, -0.1) is 0 Å². The summed E-state index contributed by atoms with van der Waals surface area (Å²) >= 11 is 0. The number of para-hydroxylation sites is 1. The third-order valence-corrected chi connectivity index (χ3v) is 10.5. The lowest BCUT2D eigenvalue weighted by molar-refractivity contribution is -0.131. The number of carbonyl (C=O) groups is 3. The van der Waals surface area contributed by atoms with Crippen LogP contribution in [0.25, 0.3) is 0 Å². The number of hydrogen-bond donors (Lipinski definition) is 2. The molecule has 2 N–H and O–H groups in total. The Kier molecular flexibility index (Phi) is 6.96. The summed E-state index contributed by atoms with van der Waals surface area (Å²) in [5, 5.41) is 6.29. The molecule has 3 aliphatic heterocycles. The number of hydrogen-bond acceptors (Lipinski definition) is 4. The quantitative estimate of drug-likeness (QED) is 0.428. The average Bonchev–Trinajstić information content (AvgIpc) is 3.59. The Labute approximate surface area is 248 Å². The molecular formula is C35H41N3O4. The Morgan fingerprint density at radius 3 is 2.19 bits per heavy atom. The third kappa shape index (κ3) is 4.48. The van der Waals surface area contributed by atoms with E-state index in [0.29, 0.717) is 17.3 Å². The van der Waals surface area contributed by atoms with Gasteiger partial charge >= 0.3 is 0 Å². The van der Waals surface area contributed by atoms with Gasteiger partial charge in [-0.25, -0.2) is 0 Å². The molecule has 7 heteroatoms. The van der Waals surface area contributed by atoms with Gasteiger partial charge in [0.1, 0.15) is 11.6 Å². The topological polar surface area (TPSA) is 87.7 Å². The van der Waals surface area contributed by atoms with Crippen molar-refractivity contribution in [3.05, 3.63) is 72.3 Å². The number of nitrogens with zero attached hydrogens (tertiary/aromatic N) is 1. The molecule has 220 valence electrons. The van der Waals surface area contributed by atoms with Crippen LogP contribution in [0.1, 0.15) is 82.6 Å². The number of amides is 3.